The second-order valence-electron chi connectivity index (χ2n) is 5.61. The van der Waals surface area contributed by atoms with Crippen LogP contribution in [-0.2, 0) is 12.7 Å². The summed E-state index contributed by atoms with van der Waals surface area (Å²) in [5, 5.41) is 13.7. The zero-order valence-electron chi connectivity index (χ0n) is 13.2. The highest BCUT2D eigenvalue weighted by Crippen LogP contribution is 2.29. The van der Waals surface area contributed by atoms with Gasteiger partial charge in [-0.05, 0) is 35.9 Å². The molecule has 2 aromatic carbocycles. The first-order chi connectivity index (χ1) is 12.2. The first-order valence-electron chi connectivity index (χ1n) is 7.46. The number of hydrogen-bond acceptors (Lipinski definition) is 3. The lowest BCUT2D eigenvalue weighted by Gasteiger charge is -2.07. The van der Waals surface area contributed by atoms with Gasteiger partial charge in [0.2, 0.25) is 0 Å². The molecule has 0 saturated carbocycles. The first kappa shape index (κ1) is 17.7. The smallest absolute Gasteiger partial charge is 0.416 e. The van der Waals surface area contributed by atoms with Gasteiger partial charge < -0.3 is 5.11 Å². The highest BCUT2D eigenvalue weighted by atomic mass is 19.4. The topological polar surface area (TPSA) is 55.1 Å². The van der Waals surface area contributed by atoms with Crippen molar-refractivity contribution in [2.45, 2.75) is 12.7 Å². The summed E-state index contributed by atoms with van der Waals surface area (Å²) in [6.07, 6.45) is -1.78. The van der Waals surface area contributed by atoms with Crippen molar-refractivity contribution in [3.8, 4) is 5.75 Å². The molecule has 0 spiro atoms. The fraction of sp³-hybridized carbons (Fsp3) is 0.111. The molecular formula is C18H12F4N2O2. The lowest BCUT2D eigenvalue weighted by atomic mass is 10.1. The predicted molar refractivity (Wildman–Crippen MR) is 84.3 cm³/mol. The summed E-state index contributed by atoms with van der Waals surface area (Å²) in [5.41, 5.74) is -0.259. The standard InChI is InChI=1S/C18H12F4N2O2/c19-14-5-6-16(25)15(7-14)17(26)12-8-23-24(10-12)9-11-1-3-13(4-2-11)18(20,21)22/h1-8,10,25H,9H2. The number of nitrogens with zero attached hydrogens (tertiary/aromatic N) is 2. The normalized spacial score (nSPS) is 11.5. The van der Waals surface area contributed by atoms with Crippen LogP contribution in [0.15, 0.2) is 54.9 Å². The van der Waals surface area contributed by atoms with Crippen LogP contribution in [0, 0.1) is 5.82 Å². The fourth-order valence-electron chi connectivity index (χ4n) is 2.40. The summed E-state index contributed by atoms with van der Waals surface area (Å²) in [6, 6.07) is 7.61. The molecule has 0 fully saturated rings. The van der Waals surface area contributed by atoms with E-state index in [4.69, 9.17) is 0 Å². The van der Waals surface area contributed by atoms with E-state index in [0.29, 0.717) is 5.56 Å². The highest BCUT2D eigenvalue weighted by Gasteiger charge is 2.29. The molecule has 4 nitrogen and oxygen atoms in total. The van der Waals surface area contributed by atoms with Gasteiger partial charge in [0.15, 0.2) is 5.78 Å². The molecule has 0 bridgehead atoms. The number of phenols is 1. The molecule has 0 aliphatic carbocycles. The summed E-state index contributed by atoms with van der Waals surface area (Å²) in [7, 11) is 0. The summed E-state index contributed by atoms with van der Waals surface area (Å²) < 4.78 is 52.3. The van der Waals surface area contributed by atoms with E-state index in [2.05, 4.69) is 5.10 Å². The lowest BCUT2D eigenvalue weighted by Crippen LogP contribution is -2.06. The van der Waals surface area contributed by atoms with Crippen LogP contribution < -0.4 is 0 Å². The van der Waals surface area contributed by atoms with Crippen LogP contribution in [0.5, 0.6) is 5.75 Å². The van der Waals surface area contributed by atoms with Crippen LogP contribution in [0.2, 0.25) is 0 Å². The second-order valence-corrected chi connectivity index (χ2v) is 5.61. The number of alkyl halides is 3. The van der Waals surface area contributed by atoms with Crippen molar-refractivity contribution in [1.29, 1.82) is 0 Å². The zero-order valence-corrected chi connectivity index (χ0v) is 13.2. The van der Waals surface area contributed by atoms with E-state index in [1.165, 1.54) is 29.2 Å². The van der Waals surface area contributed by atoms with E-state index in [9.17, 15) is 27.5 Å². The van der Waals surface area contributed by atoms with Crippen molar-refractivity contribution in [3.05, 3.63) is 82.9 Å². The highest BCUT2D eigenvalue weighted by molar-refractivity contribution is 6.10. The Kier molecular flexibility index (Phi) is 4.50. The van der Waals surface area contributed by atoms with Gasteiger partial charge in [0.1, 0.15) is 11.6 Å². The Morgan fingerprint density at radius 2 is 1.81 bits per heavy atom. The molecule has 1 N–H and O–H groups in total. The van der Waals surface area contributed by atoms with Crippen molar-refractivity contribution in [2.75, 3.05) is 0 Å². The quantitative estimate of drug-likeness (QED) is 0.562. The molecule has 0 radical (unpaired) electrons. The molecule has 0 aliphatic rings. The van der Waals surface area contributed by atoms with Crippen LogP contribution in [-0.4, -0.2) is 20.7 Å². The molecule has 0 amide bonds. The minimum atomic E-state index is -4.41. The summed E-state index contributed by atoms with van der Waals surface area (Å²) in [6.45, 7) is 0.153. The fourth-order valence-corrected chi connectivity index (χ4v) is 2.40. The van der Waals surface area contributed by atoms with Gasteiger partial charge in [-0.3, -0.25) is 9.48 Å². The molecular weight excluding hydrogens is 352 g/mol. The van der Waals surface area contributed by atoms with E-state index in [1.807, 2.05) is 0 Å². The van der Waals surface area contributed by atoms with E-state index >= 15 is 0 Å². The number of aromatic hydroxyl groups is 1. The van der Waals surface area contributed by atoms with Crippen molar-refractivity contribution in [1.82, 2.24) is 9.78 Å². The third-order valence-electron chi connectivity index (χ3n) is 3.72. The molecule has 1 aromatic heterocycles. The molecule has 134 valence electrons. The van der Waals surface area contributed by atoms with Gasteiger partial charge in [-0.2, -0.15) is 18.3 Å². The maximum Gasteiger partial charge on any atom is 0.416 e. The van der Waals surface area contributed by atoms with Gasteiger partial charge in [0.05, 0.1) is 29.4 Å². The van der Waals surface area contributed by atoms with E-state index in [1.54, 1.807) is 0 Å². The number of rotatable bonds is 4. The molecule has 0 saturated heterocycles. The largest absolute Gasteiger partial charge is 0.507 e. The van der Waals surface area contributed by atoms with Gasteiger partial charge in [-0.25, -0.2) is 4.39 Å². The SMILES string of the molecule is O=C(c1cnn(Cc2ccc(C(F)(F)F)cc2)c1)c1cc(F)ccc1O. The molecule has 1 heterocycles. The van der Waals surface area contributed by atoms with Crippen LogP contribution >= 0.6 is 0 Å². The average Bonchev–Trinajstić information content (AvgIpc) is 3.04. The lowest BCUT2D eigenvalue weighted by molar-refractivity contribution is -0.137. The molecule has 0 atom stereocenters. The average molecular weight is 364 g/mol. The third kappa shape index (κ3) is 3.74. The Hall–Kier alpha value is -3.16. The predicted octanol–water partition coefficient (Wildman–Crippen LogP) is 4.03. The maximum atomic E-state index is 13.3. The number of hydrogen-bond donors (Lipinski definition) is 1. The number of ketones is 1. The van der Waals surface area contributed by atoms with Crippen molar-refractivity contribution in [2.24, 2.45) is 0 Å². The summed E-state index contributed by atoms with van der Waals surface area (Å²) >= 11 is 0. The van der Waals surface area contributed by atoms with Gasteiger partial charge in [0.25, 0.3) is 0 Å². The number of phenolic OH excluding ortho intramolecular Hbond substituents is 1. The van der Waals surface area contributed by atoms with Gasteiger partial charge >= 0.3 is 6.18 Å². The summed E-state index contributed by atoms with van der Waals surface area (Å²) in [5.74, 6) is -1.63. The molecule has 8 heteroatoms. The Morgan fingerprint density at radius 3 is 2.46 bits per heavy atom. The van der Waals surface area contributed by atoms with Gasteiger partial charge in [-0.1, -0.05) is 12.1 Å². The molecule has 3 aromatic rings. The minimum Gasteiger partial charge on any atom is -0.507 e. The van der Waals surface area contributed by atoms with Gasteiger partial charge in [0, 0.05) is 6.20 Å². The number of benzene rings is 2. The Labute approximate surface area is 145 Å². The zero-order chi connectivity index (χ0) is 18.9. The number of carbonyl (C=O) groups excluding carboxylic acids is 1. The molecule has 0 aliphatic heterocycles. The molecule has 26 heavy (non-hydrogen) atoms. The third-order valence-corrected chi connectivity index (χ3v) is 3.72. The van der Waals surface area contributed by atoms with E-state index in [0.717, 1.165) is 30.3 Å². The maximum absolute atomic E-state index is 13.3. The minimum absolute atomic E-state index is 0.123. The Morgan fingerprint density at radius 1 is 1.12 bits per heavy atom. The van der Waals surface area contributed by atoms with Crippen molar-refractivity contribution in [3.63, 3.8) is 0 Å². The monoisotopic (exact) mass is 364 g/mol. The van der Waals surface area contributed by atoms with Crippen molar-refractivity contribution >= 4 is 5.78 Å². The molecule has 3 rings (SSSR count). The Balaban J connectivity index is 1.78. The van der Waals surface area contributed by atoms with Crippen LogP contribution in [0.3, 0.4) is 0 Å². The number of halogens is 4. The summed E-state index contributed by atoms with van der Waals surface area (Å²) in [4.78, 5) is 12.3. The second kappa shape index (κ2) is 6.62. The molecule has 0 unspecified atom stereocenters. The van der Waals surface area contributed by atoms with Crippen LogP contribution in [0.4, 0.5) is 17.6 Å². The van der Waals surface area contributed by atoms with Crippen molar-refractivity contribution < 1.29 is 27.5 Å². The first-order valence-corrected chi connectivity index (χ1v) is 7.46. The number of carbonyl (C=O) groups is 1. The van der Waals surface area contributed by atoms with Gasteiger partial charge in [-0.15, -0.1) is 0 Å². The van der Waals surface area contributed by atoms with Crippen LogP contribution in [0.1, 0.15) is 27.0 Å². The Bertz CT molecular complexity index is 947. The van der Waals surface area contributed by atoms with E-state index in [-0.39, 0.29) is 23.4 Å². The van der Waals surface area contributed by atoms with E-state index < -0.39 is 23.3 Å². The van der Waals surface area contributed by atoms with Crippen LogP contribution in [0.25, 0.3) is 0 Å². The number of aromatic nitrogens is 2.